The molecule has 0 aromatic carbocycles. The zero-order chi connectivity index (χ0) is 7.68. The smallest absolute Gasteiger partial charge is 0.0679 e. The van der Waals surface area contributed by atoms with Crippen LogP contribution in [0.25, 0.3) is 0 Å². The van der Waals surface area contributed by atoms with Crippen LogP contribution in [-0.2, 0) is 0 Å². The molecule has 3 N–H and O–H groups in total. The average molecular weight is 156 g/mol. The second-order valence-corrected chi connectivity index (χ2v) is 3.66. The van der Waals surface area contributed by atoms with E-state index in [1.807, 2.05) is 0 Å². The van der Waals surface area contributed by atoms with Crippen molar-refractivity contribution in [1.82, 2.24) is 10.6 Å². The minimum absolute atomic E-state index is 0.0967. The molecule has 2 heterocycles. The number of hydrogen-bond donors (Lipinski definition) is 3. The van der Waals surface area contributed by atoms with Crippen LogP contribution in [0.1, 0.15) is 12.8 Å². The Balaban J connectivity index is 1.85. The van der Waals surface area contributed by atoms with Gasteiger partial charge in [0, 0.05) is 12.6 Å². The van der Waals surface area contributed by atoms with Crippen molar-refractivity contribution in [3.05, 3.63) is 0 Å². The predicted octanol–water partition coefficient (Wildman–Crippen LogP) is -0.681. The van der Waals surface area contributed by atoms with E-state index in [1.165, 1.54) is 6.42 Å². The Morgan fingerprint density at radius 3 is 2.73 bits per heavy atom. The Morgan fingerprint density at radius 2 is 2.18 bits per heavy atom. The summed E-state index contributed by atoms with van der Waals surface area (Å²) in [6.07, 6.45) is 2.12. The molecule has 1 unspecified atom stereocenters. The van der Waals surface area contributed by atoms with Crippen LogP contribution < -0.4 is 10.6 Å². The summed E-state index contributed by atoms with van der Waals surface area (Å²) in [5.41, 5.74) is 0. The summed E-state index contributed by atoms with van der Waals surface area (Å²) < 4.78 is 0. The van der Waals surface area contributed by atoms with Crippen LogP contribution in [0.5, 0.6) is 0 Å². The fourth-order valence-corrected chi connectivity index (χ4v) is 2.13. The average Bonchev–Trinajstić information content (AvgIpc) is 2.55. The summed E-state index contributed by atoms with van der Waals surface area (Å²) in [4.78, 5) is 0. The van der Waals surface area contributed by atoms with Gasteiger partial charge in [0.2, 0.25) is 0 Å². The monoisotopic (exact) mass is 156 g/mol. The zero-order valence-electron chi connectivity index (χ0n) is 6.71. The maximum Gasteiger partial charge on any atom is 0.0679 e. The molecular formula is C8H16N2O. The maximum absolute atomic E-state index is 9.28. The van der Waals surface area contributed by atoms with E-state index in [0.717, 1.165) is 32.0 Å². The number of aliphatic hydroxyl groups excluding tert-OH is 1. The molecule has 2 aliphatic rings. The number of rotatable bonds is 1. The molecule has 2 rings (SSSR count). The molecule has 2 saturated heterocycles. The Kier molecular flexibility index (Phi) is 2.11. The summed E-state index contributed by atoms with van der Waals surface area (Å²) in [6.45, 7) is 3.07. The molecule has 2 aliphatic heterocycles. The molecule has 2 fully saturated rings. The fourth-order valence-electron chi connectivity index (χ4n) is 2.13. The molecule has 0 aliphatic carbocycles. The largest absolute Gasteiger partial charge is 0.392 e. The van der Waals surface area contributed by atoms with Crippen LogP contribution in [0.15, 0.2) is 0 Å². The van der Waals surface area contributed by atoms with Crippen LogP contribution in [0.2, 0.25) is 0 Å². The van der Waals surface area contributed by atoms with Crippen molar-refractivity contribution in [2.75, 3.05) is 19.6 Å². The Labute approximate surface area is 67.2 Å². The molecule has 0 bridgehead atoms. The second kappa shape index (κ2) is 3.09. The molecule has 0 aromatic heterocycles. The van der Waals surface area contributed by atoms with Crippen LogP contribution >= 0.6 is 0 Å². The van der Waals surface area contributed by atoms with E-state index in [2.05, 4.69) is 10.6 Å². The van der Waals surface area contributed by atoms with Crippen molar-refractivity contribution in [2.24, 2.45) is 5.92 Å². The lowest BCUT2D eigenvalue weighted by Gasteiger charge is -2.16. The Morgan fingerprint density at radius 1 is 1.27 bits per heavy atom. The quantitative estimate of drug-likeness (QED) is 0.471. The highest BCUT2D eigenvalue weighted by Gasteiger charge is 2.30. The predicted molar refractivity (Wildman–Crippen MR) is 43.4 cm³/mol. The number of hydrogen-bond acceptors (Lipinski definition) is 3. The van der Waals surface area contributed by atoms with Crippen LogP contribution in [-0.4, -0.2) is 36.9 Å². The third-order valence-electron chi connectivity index (χ3n) is 2.81. The van der Waals surface area contributed by atoms with E-state index in [9.17, 15) is 5.11 Å². The molecule has 0 radical (unpaired) electrons. The summed E-state index contributed by atoms with van der Waals surface area (Å²) in [6, 6.07) is 0.569. The van der Waals surface area contributed by atoms with Gasteiger partial charge in [-0.3, -0.25) is 0 Å². The zero-order valence-corrected chi connectivity index (χ0v) is 6.71. The standard InChI is InChI=1S/C8H16N2O/c11-7-3-8(10-5-7)6-1-2-9-4-6/h6-11H,1-5H2/t6?,7-,8+/m1/s1. The highest BCUT2D eigenvalue weighted by molar-refractivity contribution is 4.89. The van der Waals surface area contributed by atoms with Gasteiger partial charge in [-0.05, 0) is 31.8 Å². The number of β-amino-alcohol motifs (C(OH)–C–C–N with tert-alkyl or cyclic N) is 1. The van der Waals surface area contributed by atoms with E-state index in [4.69, 9.17) is 0 Å². The first-order valence-corrected chi connectivity index (χ1v) is 4.48. The fraction of sp³-hybridized carbons (Fsp3) is 1.00. The third kappa shape index (κ3) is 1.55. The van der Waals surface area contributed by atoms with E-state index < -0.39 is 0 Å². The molecule has 0 saturated carbocycles. The van der Waals surface area contributed by atoms with E-state index in [1.54, 1.807) is 0 Å². The molecule has 0 spiro atoms. The molecule has 64 valence electrons. The van der Waals surface area contributed by atoms with Gasteiger partial charge in [-0.1, -0.05) is 0 Å². The lowest BCUT2D eigenvalue weighted by Crippen LogP contribution is -2.31. The minimum atomic E-state index is -0.0967. The van der Waals surface area contributed by atoms with Gasteiger partial charge in [-0.2, -0.15) is 0 Å². The lowest BCUT2D eigenvalue weighted by atomic mass is 9.97. The normalized spacial score (nSPS) is 45.0. The molecular weight excluding hydrogens is 140 g/mol. The van der Waals surface area contributed by atoms with Crippen molar-refractivity contribution in [1.29, 1.82) is 0 Å². The third-order valence-corrected chi connectivity index (χ3v) is 2.81. The number of nitrogens with one attached hydrogen (secondary N) is 2. The molecule has 0 amide bonds. The van der Waals surface area contributed by atoms with Crippen LogP contribution in [0.3, 0.4) is 0 Å². The van der Waals surface area contributed by atoms with Gasteiger partial charge in [0.25, 0.3) is 0 Å². The van der Waals surface area contributed by atoms with Crippen molar-refractivity contribution >= 4 is 0 Å². The summed E-state index contributed by atoms with van der Waals surface area (Å²) in [7, 11) is 0. The van der Waals surface area contributed by atoms with Gasteiger partial charge in [-0.25, -0.2) is 0 Å². The van der Waals surface area contributed by atoms with Crippen molar-refractivity contribution < 1.29 is 5.11 Å². The highest BCUT2D eigenvalue weighted by Crippen LogP contribution is 2.20. The van der Waals surface area contributed by atoms with Crippen molar-refractivity contribution in [3.8, 4) is 0 Å². The molecule has 0 aromatic rings. The van der Waals surface area contributed by atoms with Gasteiger partial charge in [0.15, 0.2) is 0 Å². The lowest BCUT2D eigenvalue weighted by molar-refractivity contribution is 0.190. The first-order chi connectivity index (χ1) is 5.36. The van der Waals surface area contributed by atoms with Crippen LogP contribution in [0.4, 0.5) is 0 Å². The van der Waals surface area contributed by atoms with Crippen LogP contribution in [0, 0.1) is 5.92 Å². The van der Waals surface area contributed by atoms with Gasteiger partial charge >= 0.3 is 0 Å². The SMILES string of the molecule is O[C@H]1CN[C@H](C2CCNC2)C1. The summed E-state index contributed by atoms with van der Waals surface area (Å²) in [5, 5.41) is 16.0. The second-order valence-electron chi connectivity index (χ2n) is 3.66. The van der Waals surface area contributed by atoms with E-state index >= 15 is 0 Å². The van der Waals surface area contributed by atoms with Crippen molar-refractivity contribution in [3.63, 3.8) is 0 Å². The number of aliphatic hydroxyl groups is 1. The van der Waals surface area contributed by atoms with Crippen molar-refractivity contribution in [2.45, 2.75) is 25.0 Å². The Hall–Kier alpha value is -0.120. The van der Waals surface area contributed by atoms with E-state index in [-0.39, 0.29) is 6.10 Å². The van der Waals surface area contributed by atoms with Gasteiger partial charge in [0.1, 0.15) is 0 Å². The Bertz CT molecular complexity index is 134. The topological polar surface area (TPSA) is 44.3 Å². The first kappa shape index (κ1) is 7.53. The molecule has 3 nitrogen and oxygen atoms in total. The van der Waals surface area contributed by atoms with Gasteiger partial charge in [0.05, 0.1) is 6.10 Å². The molecule has 3 atom stereocenters. The summed E-state index contributed by atoms with van der Waals surface area (Å²) in [5.74, 6) is 0.757. The van der Waals surface area contributed by atoms with E-state index in [0.29, 0.717) is 6.04 Å². The summed E-state index contributed by atoms with van der Waals surface area (Å²) >= 11 is 0. The minimum Gasteiger partial charge on any atom is -0.392 e. The first-order valence-electron chi connectivity index (χ1n) is 4.48. The highest BCUT2D eigenvalue weighted by atomic mass is 16.3. The molecule has 11 heavy (non-hydrogen) atoms. The molecule has 3 heteroatoms. The van der Waals surface area contributed by atoms with Gasteiger partial charge < -0.3 is 15.7 Å². The van der Waals surface area contributed by atoms with Gasteiger partial charge in [-0.15, -0.1) is 0 Å². The maximum atomic E-state index is 9.28.